The van der Waals surface area contributed by atoms with Crippen LogP contribution in [0.2, 0.25) is 0 Å². The third-order valence-electron chi connectivity index (χ3n) is 8.63. The molecule has 258 valence electrons. The number of aliphatic hydroxyl groups excluding tert-OH is 2. The molecule has 0 saturated heterocycles. The molecular formula is C39H54O8. The molecule has 8 heteroatoms. The molecule has 0 unspecified atom stereocenters. The standard InChI is InChI=1S/C39H54O8/c1-2-3-4-5-6-7-8-9-10-11-12-13-14-15-22-27-34(40)46-33-28-32(29-45-38(43)30-23-18-16-19-24-30)35(41)36(42)37(33)47-39(44)31-25-20-17-21-26-31/h16-21,23-26,28,33,35-37,41-42H,2-15,22,27,29H2,1H3/t33-,35-,36+,37+/m1/s1. The summed E-state index contributed by atoms with van der Waals surface area (Å²) in [7, 11) is 0. The molecule has 0 amide bonds. The molecular weight excluding hydrogens is 596 g/mol. The predicted octanol–water partition coefficient (Wildman–Crippen LogP) is 7.90. The maximum atomic E-state index is 12.9. The smallest absolute Gasteiger partial charge is 0.338 e. The van der Waals surface area contributed by atoms with Crippen LogP contribution in [0.5, 0.6) is 0 Å². The van der Waals surface area contributed by atoms with Crippen molar-refractivity contribution in [1.29, 1.82) is 0 Å². The lowest BCUT2D eigenvalue weighted by molar-refractivity contribution is -0.161. The lowest BCUT2D eigenvalue weighted by atomic mass is 9.89. The molecule has 0 fully saturated rings. The lowest BCUT2D eigenvalue weighted by Gasteiger charge is -2.36. The second kappa shape index (κ2) is 22.1. The van der Waals surface area contributed by atoms with E-state index >= 15 is 0 Å². The van der Waals surface area contributed by atoms with Gasteiger partial charge in [0.1, 0.15) is 18.8 Å². The highest BCUT2D eigenvalue weighted by atomic mass is 16.6. The van der Waals surface area contributed by atoms with Crippen molar-refractivity contribution in [3.8, 4) is 0 Å². The Kier molecular flexibility index (Phi) is 17.9. The first-order valence-electron chi connectivity index (χ1n) is 17.6. The van der Waals surface area contributed by atoms with Gasteiger partial charge in [0.05, 0.1) is 11.1 Å². The number of hydrogen-bond acceptors (Lipinski definition) is 8. The molecule has 1 aliphatic carbocycles. The van der Waals surface area contributed by atoms with Crippen LogP contribution in [0.3, 0.4) is 0 Å². The molecule has 0 spiro atoms. The molecule has 2 aromatic carbocycles. The van der Waals surface area contributed by atoms with Crippen molar-refractivity contribution in [1.82, 2.24) is 0 Å². The highest BCUT2D eigenvalue weighted by Gasteiger charge is 2.43. The number of carbonyl (C=O) groups is 3. The topological polar surface area (TPSA) is 119 Å². The Morgan fingerprint density at radius 3 is 1.60 bits per heavy atom. The average Bonchev–Trinajstić information content (AvgIpc) is 3.09. The Balaban J connectivity index is 1.45. The summed E-state index contributed by atoms with van der Waals surface area (Å²) in [4.78, 5) is 38.2. The number of esters is 3. The fourth-order valence-electron chi connectivity index (χ4n) is 5.79. The van der Waals surface area contributed by atoms with E-state index in [0.717, 1.165) is 19.3 Å². The Bertz CT molecular complexity index is 1210. The fraction of sp³-hybridized carbons (Fsp3) is 0.564. The van der Waals surface area contributed by atoms with Gasteiger partial charge < -0.3 is 24.4 Å². The largest absolute Gasteiger partial charge is 0.457 e. The van der Waals surface area contributed by atoms with E-state index in [-0.39, 0.29) is 24.2 Å². The fourth-order valence-corrected chi connectivity index (χ4v) is 5.79. The molecule has 0 radical (unpaired) electrons. The zero-order chi connectivity index (χ0) is 33.7. The van der Waals surface area contributed by atoms with Crippen molar-refractivity contribution in [3.05, 3.63) is 83.4 Å². The van der Waals surface area contributed by atoms with Crippen molar-refractivity contribution >= 4 is 17.9 Å². The van der Waals surface area contributed by atoms with Gasteiger partial charge in [-0.3, -0.25) is 4.79 Å². The number of carbonyl (C=O) groups excluding carboxylic acids is 3. The SMILES string of the molecule is CCCCCCCCCCCCCCCCCC(=O)O[C@@H]1C=C(COC(=O)c2ccccc2)[C@@H](O)[C@H](O)[C@H]1OC(=O)c1ccccc1. The van der Waals surface area contributed by atoms with Crippen molar-refractivity contribution in [2.45, 2.75) is 134 Å². The molecule has 0 saturated carbocycles. The van der Waals surface area contributed by atoms with Crippen LogP contribution in [-0.2, 0) is 19.0 Å². The number of benzene rings is 2. The van der Waals surface area contributed by atoms with Crippen molar-refractivity contribution < 1.29 is 38.8 Å². The number of hydrogen-bond donors (Lipinski definition) is 2. The zero-order valence-corrected chi connectivity index (χ0v) is 28.0. The van der Waals surface area contributed by atoms with Gasteiger partial charge in [0.25, 0.3) is 0 Å². The van der Waals surface area contributed by atoms with Gasteiger partial charge in [-0.05, 0) is 42.3 Å². The molecule has 47 heavy (non-hydrogen) atoms. The highest BCUT2D eigenvalue weighted by Crippen LogP contribution is 2.27. The van der Waals surface area contributed by atoms with Gasteiger partial charge >= 0.3 is 17.9 Å². The molecule has 0 bridgehead atoms. The number of rotatable bonds is 22. The van der Waals surface area contributed by atoms with Gasteiger partial charge in [-0.2, -0.15) is 0 Å². The van der Waals surface area contributed by atoms with E-state index in [2.05, 4.69) is 6.92 Å². The Morgan fingerprint density at radius 2 is 1.09 bits per heavy atom. The van der Waals surface area contributed by atoms with Crippen LogP contribution < -0.4 is 0 Å². The Hall–Kier alpha value is -3.49. The summed E-state index contributed by atoms with van der Waals surface area (Å²) >= 11 is 0. The molecule has 2 N–H and O–H groups in total. The van der Waals surface area contributed by atoms with Crippen LogP contribution >= 0.6 is 0 Å². The summed E-state index contributed by atoms with van der Waals surface area (Å²) in [5, 5.41) is 21.8. The number of unbranched alkanes of at least 4 members (excludes halogenated alkanes) is 14. The molecule has 0 aliphatic heterocycles. The molecule has 3 rings (SSSR count). The average molecular weight is 651 g/mol. The highest BCUT2D eigenvalue weighted by molar-refractivity contribution is 5.90. The predicted molar refractivity (Wildman–Crippen MR) is 182 cm³/mol. The molecule has 1 aliphatic rings. The van der Waals surface area contributed by atoms with Crippen LogP contribution in [0.1, 0.15) is 130 Å². The van der Waals surface area contributed by atoms with E-state index in [1.165, 1.54) is 76.7 Å². The van der Waals surface area contributed by atoms with E-state index in [1.807, 2.05) is 0 Å². The first-order chi connectivity index (χ1) is 22.9. The van der Waals surface area contributed by atoms with Crippen LogP contribution in [0.15, 0.2) is 72.3 Å². The van der Waals surface area contributed by atoms with E-state index in [0.29, 0.717) is 12.0 Å². The quantitative estimate of drug-likeness (QED) is 0.0571. The Labute approximate surface area is 280 Å². The first kappa shape index (κ1) is 38.0. The monoisotopic (exact) mass is 650 g/mol. The third-order valence-corrected chi connectivity index (χ3v) is 8.63. The van der Waals surface area contributed by atoms with Gasteiger partial charge in [-0.15, -0.1) is 0 Å². The van der Waals surface area contributed by atoms with Crippen LogP contribution in [-0.4, -0.2) is 59.1 Å². The zero-order valence-electron chi connectivity index (χ0n) is 28.0. The van der Waals surface area contributed by atoms with E-state index in [1.54, 1.807) is 60.7 Å². The summed E-state index contributed by atoms with van der Waals surface area (Å²) in [5.74, 6) is -1.82. The second-order valence-corrected chi connectivity index (χ2v) is 12.5. The van der Waals surface area contributed by atoms with E-state index in [4.69, 9.17) is 14.2 Å². The van der Waals surface area contributed by atoms with Gasteiger partial charge in [-0.25, -0.2) is 9.59 Å². The summed E-state index contributed by atoms with van der Waals surface area (Å²) in [6.07, 6.45) is 14.3. The van der Waals surface area contributed by atoms with E-state index in [9.17, 15) is 24.6 Å². The molecule has 2 aromatic rings. The maximum absolute atomic E-state index is 12.9. The van der Waals surface area contributed by atoms with Crippen molar-refractivity contribution in [3.63, 3.8) is 0 Å². The van der Waals surface area contributed by atoms with Gasteiger partial charge in [0.15, 0.2) is 12.2 Å². The summed E-state index contributed by atoms with van der Waals surface area (Å²) in [6, 6.07) is 16.6. The van der Waals surface area contributed by atoms with Crippen molar-refractivity contribution in [2.24, 2.45) is 0 Å². The van der Waals surface area contributed by atoms with E-state index < -0.39 is 42.3 Å². The third kappa shape index (κ3) is 14.0. The minimum atomic E-state index is -1.61. The summed E-state index contributed by atoms with van der Waals surface area (Å²) in [5.41, 5.74) is 0.738. The number of aliphatic hydroxyl groups is 2. The Morgan fingerprint density at radius 1 is 0.617 bits per heavy atom. The second-order valence-electron chi connectivity index (χ2n) is 12.5. The van der Waals surface area contributed by atoms with Crippen LogP contribution in [0, 0.1) is 0 Å². The van der Waals surface area contributed by atoms with Crippen LogP contribution in [0.4, 0.5) is 0 Å². The van der Waals surface area contributed by atoms with Crippen molar-refractivity contribution in [2.75, 3.05) is 6.61 Å². The van der Waals surface area contributed by atoms with Gasteiger partial charge in [-0.1, -0.05) is 133 Å². The van der Waals surface area contributed by atoms with Crippen LogP contribution in [0.25, 0.3) is 0 Å². The van der Waals surface area contributed by atoms with Gasteiger partial charge in [0.2, 0.25) is 0 Å². The van der Waals surface area contributed by atoms with Gasteiger partial charge in [0, 0.05) is 6.42 Å². The number of ether oxygens (including phenoxy) is 3. The normalized spacial score (nSPS) is 19.1. The molecule has 0 aromatic heterocycles. The summed E-state index contributed by atoms with van der Waals surface area (Å²) < 4.78 is 16.6. The minimum Gasteiger partial charge on any atom is -0.457 e. The minimum absolute atomic E-state index is 0.151. The molecule has 0 heterocycles. The summed E-state index contributed by atoms with van der Waals surface area (Å²) in [6.45, 7) is 1.92. The maximum Gasteiger partial charge on any atom is 0.338 e. The lowest BCUT2D eigenvalue weighted by Crippen LogP contribution is -2.52. The first-order valence-corrected chi connectivity index (χ1v) is 17.6. The molecule has 8 nitrogen and oxygen atoms in total. The molecule has 4 atom stereocenters.